The third-order valence-corrected chi connectivity index (χ3v) is 3.14. The van der Waals surface area contributed by atoms with Crippen molar-refractivity contribution in [2.24, 2.45) is 23.2 Å². The van der Waals surface area contributed by atoms with Gasteiger partial charge in [0, 0.05) is 11.8 Å². The van der Waals surface area contributed by atoms with Crippen LogP contribution >= 0.6 is 13.5 Å². The van der Waals surface area contributed by atoms with Gasteiger partial charge >= 0.3 is 0 Å². The topological polar surface area (TPSA) is 0 Å². The molecule has 62 valence electrons. The molecule has 0 aromatic heterocycles. The Morgan fingerprint density at radius 2 is 1.91 bits per heavy atom. The minimum absolute atomic E-state index is 0. The van der Waals surface area contributed by atoms with Crippen LogP contribution in [0.25, 0.3) is 0 Å². The molecule has 2 aliphatic carbocycles. The summed E-state index contributed by atoms with van der Waals surface area (Å²) in [5, 5.41) is 0. The molecule has 3 unspecified atom stereocenters. The van der Waals surface area contributed by atoms with E-state index in [9.17, 15) is 0 Å². The lowest BCUT2D eigenvalue weighted by Crippen LogP contribution is -1.98. The Labute approximate surface area is 76.2 Å². The Bertz CT molecular complexity index is 219. The summed E-state index contributed by atoms with van der Waals surface area (Å²) in [6.45, 7) is 6.92. The predicted molar refractivity (Wildman–Crippen MR) is 52.7 cm³/mol. The third kappa shape index (κ3) is 1.18. The molecule has 0 saturated heterocycles. The Kier molecular flexibility index (Phi) is 2.01. The van der Waals surface area contributed by atoms with Gasteiger partial charge in [-0.25, -0.2) is 0 Å². The van der Waals surface area contributed by atoms with Crippen molar-refractivity contribution in [3.05, 3.63) is 0 Å². The quantitative estimate of drug-likeness (QED) is 0.487. The summed E-state index contributed by atoms with van der Waals surface area (Å²) in [4.78, 5) is 0. The normalized spacial score (nSPS) is 42.6. The van der Waals surface area contributed by atoms with Gasteiger partial charge in [0.05, 0.1) is 0 Å². The average Bonchev–Trinajstić information content (AvgIpc) is 2.36. The van der Waals surface area contributed by atoms with E-state index in [2.05, 4.69) is 32.6 Å². The number of hydrogen-bond acceptors (Lipinski definition) is 0. The fraction of sp³-hybridized carbons (Fsp3) is 0.800. The van der Waals surface area contributed by atoms with Crippen LogP contribution in [0.3, 0.4) is 0 Å². The molecule has 0 N–H and O–H groups in total. The first-order valence-corrected chi connectivity index (χ1v) is 4.13. The first kappa shape index (κ1) is 9.00. The van der Waals surface area contributed by atoms with Gasteiger partial charge in [0.15, 0.2) is 0 Å². The van der Waals surface area contributed by atoms with Gasteiger partial charge in [-0.1, -0.05) is 32.6 Å². The van der Waals surface area contributed by atoms with E-state index < -0.39 is 0 Å². The lowest BCUT2D eigenvalue weighted by Gasteiger charge is -2.05. The van der Waals surface area contributed by atoms with Gasteiger partial charge in [0.2, 0.25) is 0 Å². The summed E-state index contributed by atoms with van der Waals surface area (Å²) in [7, 11) is 0. The SMILES string of the molecule is CC1C#CC2C(C1)C2(C)C.S. The van der Waals surface area contributed by atoms with Crippen LogP contribution in [-0.2, 0) is 0 Å². The van der Waals surface area contributed by atoms with Crippen LogP contribution in [0.4, 0.5) is 0 Å². The lowest BCUT2D eigenvalue weighted by atomic mass is 9.99. The smallest absolute Gasteiger partial charge is 0.0291 e. The van der Waals surface area contributed by atoms with Gasteiger partial charge in [-0.3, -0.25) is 0 Å². The van der Waals surface area contributed by atoms with Gasteiger partial charge in [0.25, 0.3) is 0 Å². The van der Waals surface area contributed by atoms with Crippen LogP contribution in [0.5, 0.6) is 0 Å². The molecule has 11 heavy (non-hydrogen) atoms. The highest BCUT2D eigenvalue weighted by atomic mass is 32.1. The van der Waals surface area contributed by atoms with Crippen LogP contribution in [-0.4, -0.2) is 0 Å². The molecule has 0 spiro atoms. The van der Waals surface area contributed by atoms with Crippen LogP contribution in [0, 0.1) is 35.0 Å². The van der Waals surface area contributed by atoms with Crippen molar-refractivity contribution in [2.45, 2.75) is 27.2 Å². The monoisotopic (exact) mass is 168 g/mol. The Hall–Kier alpha value is -0.0900. The summed E-state index contributed by atoms with van der Waals surface area (Å²) in [6.07, 6.45) is 1.34. The average molecular weight is 168 g/mol. The molecular weight excluding hydrogens is 152 g/mol. The number of fused-ring (bicyclic) bond motifs is 1. The highest BCUT2D eigenvalue weighted by Gasteiger charge is 2.57. The molecule has 1 saturated carbocycles. The number of hydrogen-bond donors (Lipinski definition) is 0. The van der Waals surface area contributed by atoms with Crippen molar-refractivity contribution in [1.82, 2.24) is 0 Å². The highest BCUT2D eigenvalue weighted by Crippen LogP contribution is 2.61. The first-order valence-electron chi connectivity index (χ1n) is 4.13. The van der Waals surface area contributed by atoms with Crippen LogP contribution in [0.2, 0.25) is 0 Å². The van der Waals surface area contributed by atoms with Crippen molar-refractivity contribution in [3.63, 3.8) is 0 Å². The second-order valence-corrected chi connectivity index (χ2v) is 4.33. The van der Waals surface area contributed by atoms with E-state index in [1.54, 1.807) is 0 Å². The van der Waals surface area contributed by atoms with Crippen molar-refractivity contribution in [2.75, 3.05) is 0 Å². The molecule has 2 rings (SSSR count). The second kappa shape index (κ2) is 2.45. The molecule has 0 heterocycles. The van der Waals surface area contributed by atoms with E-state index in [4.69, 9.17) is 0 Å². The van der Waals surface area contributed by atoms with E-state index >= 15 is 0 Å². The second-order valence-electron chi connectivity index (χ2n) is 4.33. The van der Waals surface area contributed by atoms with Crippen molar-refractivity contribution in [1.29, 1.82) is 0 Å². The fourth-order valence-corrected chi connectivity index (χ4v) is 2.14. The molecule has 1 fully saturated rings. The van der Waals surface area contributed by atoms with E-state index in [0.717, 1.165) is 11.8 Å². The molecule has 0 amide bonds. The van der Waals surface area contributed by atoms with E-state index in [0.29, 0.717) is 11.3 Å². The molecule has 0 bridgehead atoms. The zero-order valence-electron chi connectivity index (χ0n) is 7.44. The largest absolute Gasteiger partial charge is 0.197 e. The maximum Gasteiger partial charge on any atom is 0.0291 e. The first-order chi connectivity index (χ1) is 4.62. The van der Waals surface area contributed by atoms with Crippen molar-refractivity contribution >= 4 is 13.5 Å². The predicted octanol–water partition coefficient (Wildman–Crippen LogP) is 2.41. The molecule has 0 aromatic carbocycles. The minimum Gasteiger partial charge on any atom is -0.197 e. The van der Waals surface area contributed by atoms with Gasteiger partial charge in [-0.15, -0.1) is 0 Å². The van der Waals surface area contributed by atoms with E-state index in [-0.39, 0.29) is 13.5 Å². The Morgan fingerprint density at radius 3 is 2.36 bits per heavy atom. The Balaban J connectivity index is 0.000000605. The van der Waals surface area contributed by atoms with Crippen molar-refractivity contribution in [3.8, 4) is 11.8 Å². The Morgan fingerprint density at radius 1 is 1.27 bits per heavy atom. The van der Waals surface area contributed by atoms with Crippen molar-refractivity contribution < 1.29 is 0 Å². The third-order valence-electron chi connectivity index (χ3n) is 3.14. The van der Waals surface area contributed by atoms with Crippen LogP contribution in [0.15, 0.2) is 0 Å². The molecule has 2 aliphatic rings. The summed E-state index contributed by atoms with van der Waals surface area (Å²) >= 11 is 0. The fourth-order valence-electron chi connectivity index (χ4n) is 2.14. The molecule has 0 nitrogen and oxygen atoms in total. The molecule has 1 heteroatoms. The molecular formula is C10H16S. The highest BCUT2D eigenvalue weighted by molar-refractivity contribution is 7.59. The summed E-state index contributed by atoms with van der Waals surface area (Å²) in [6, 6.07) is 0. The number of rotatable bonds is 0. The van der Waals surface area contributed by atoms with E-state index in [1.165, 1.54) is 6.42 Å². The summed E-state index contributed by atoms with van der Waals surface area (Å²) < 4.78 is 0. The van der Waals surface area contributed by atoms with Gasteiger partial charge in [-0.05, 0) is 17.8 Å². The minimum atomic E-state index is 0. The lowest BCUT2D eigenvalue weighted by molar-refractivity contribution is 0.494. The van der Waals surface area contributed by atoms with E-state index in [1.807, 2.05) is 0 Å². The zero-order valence-corrected chi connectivity index (χ0v) is 8.44. The maximum atomic E-state index is 3.35. The van der Waals surface area contributed by atoms with Gasteiger partial charge in [-0.2, -0.15) is 13.5 Å². The summed E-state index contributed by atoms with van der Waals surface area (Å²) in [5.41, 5.74) is 0.553. The molecule has 3 atom stereocenters. The van der Waals surface area contributed by atoms with Crippen LogP contribution in [0.1, 0.15) is 27.2 Å². The maximum absolute atomic E-state index is 3.35. The van der Waals surface area contributed by atoms with Gasteiger partial charge < -0.3 is 0 Å². The molecule has 0 aromatic rings. The molecule has 0 radical (unpaired) electrons. The standard InChI is InChI=1S/C10H14.H2S/c1-7-4-5-8-9(6-7)10(8,2)3;/h7-9H,6H2,1-3H3;1H2. The van der Waals surface area contributed by atoms with Gasteiger partial charge in [0.1, 0.15) is 0 Å². The summed E-state index contributed by atoms with van der Waals surface area (Å²) in [5.74, 6) is 8.94. The zero-order chi connectivity index (χ0) is 7.35. The van der Waals surface area contributed by atoms with Crippen LogP contribution < -0.4 is 0 Å². The molecule has 0 aliphatic heterocycles.